The van der Waals surface area contributed by atoms with E-state index in [0.717, 1.165) is 9.14 Å². The molecule has 1 N–H and O–H groups in total. The number of carbonyl (C=O) groups is 3. The van der Waals surface area contributed by atoms with Crippen LogP contribution in [0.5, 0.6) is 0 Å². The van der Waals surface area contributed by atoms with Crippen LogP contribution in [-0.2, 0) is 9.59 Å². The zero-order chi connectivity index (χ0) is 19.8. The number of hydrogen-bond donors (Lipinski definition) is 1. The highest BCUT2D eigenvalue weighted by Gasteiger charge is 2.49. The molecule has 0 bridgehead atoms. The van der Waals surface area contributed by atoms with Crippen LogP contribution in [0.1, 0.15) is 30.1 Å². The lowest BCUT2D eigenvalue weighted by molar-refractivity contribution is -0.122. The maximum absolute atomic E-state index is 13.0. The van der Waals surface area contributed by atoms with E-state index in [9.17, 15) is 14.4 Å². The van der Waals surface area contributed by atoms with Crippen molar-refractivity contribution in [1.29, 1.82) is 0 Å². The molecule has 5 nitrogen and oxygen atoms in total. The molecule has 142 valence electrons. The molecule has 2 aromatic carbocycles. The number of nitrogens with one attached hydrogen (secondary N) is 1. The molecule has 1 saturated heterocycles. The summed E-state index contributed by atoms with van der Waals surface area (Å²) in [7, 11) is 0. The molecule has 2 aliphatic rings. The van der Waals surface area contributed by atoms with Gasteiger partial charge in [-0.25, -0.2) is 4.90 Å². The van der Waals surface area contributed by atoms with Crippen molar-refractivity contribution in [3.8, 4) is 0 Å². The Balaban J connectivity index is 1.65. The van der Waals surface area contributed by atoms with E-state index >= 15 is 0 Å². The van der Waals surface area contributed by atoms with Gasteiger partial charge >= 0.3 is 0 Å². The number of halogens is 1. The second-order valence-electron chi connectivity index (χ2n) is 7.19. The van der Waals surface area contributed by atoms with E-state index in [4.69, 9.17) is 0 Å². The van der Waals surface area contributed by atoms with E-state index in [2.05, 4.69) is 27.9 Å². The van der Waals surface area contributed by atoms with Gasteiger partial charge in [-0.2, -0.15) is 0 Å². The molecular formula is C22H19IN2O3. The summed E-state index contributed by atoms with van der Waals surface area (Å²) in [6, 6.07) is 14.2. The topological polar surface area (TPSA) is 66.5 Å². The molecule has 4 rings (SSSR count). The van der Waals surface area contributed by atoms with Crippen LogP contribution < -0.4 is 10.2 Å². The number of anilines is 2. The van der Waals surface area contributed by atoms with Gasteiger partial charge in [0, 0.05) is 9.26 Å². The molecule has 1 heterocycles. The molecule has 1 aliphatic heterocycles. The summed E-state index contributed by atoms with van der Waals surface area (Å²) in [6.07, 6.45) is 3.21. The molecule has 2 atom stereocenters. The lowest BCUT2D eigenvalue weighted by atomic mass is 9.82. The van der Waals surface area contributed by atoms with Crippen LogP contribution >= 0.6 is 22.6 Å². The summed E-state index contributed by atoms with van der Waals surface area (Å²) in [6.45, 7) is 1.99. The number of allylic oxidation sites excluding steroid dienone is 2. The number of rotatable bonds is 3. The van der Waals surface area contributed by atoms with Crippen molar-refractivity contribution in [3.63, 3.8) is 0 Å². The van der Waals surface area contributed by atoms with Gasteiger partial charge < -0.3 is 5.32 Å². The number of amides is 3. The van der Waals surface area contributed by atoms with Crippen molar-refractivity contribution in [1.82, 2.24) is 0 Å². The average Bonchev–Trinajstić information content (AvgIpc) is 2.93. The van der Waals surface area contributed by atoms with Gasteiger partial charge in [0.05, 0.1) is 23.1 Å². The zero-order valence-corrected chi connectivity index (χ0v) is 17.5. The molecule has 2 aromatic rings. The van der Waals surface area contributed by atoms with Gasteiger partial charge in [0.1, 0.15) is 0 Å². The zero-order valence-electron chi connectivity index (χ0n) is 15.3. The molecular weight excluding hydrogens is 467 g/mol. The second-order valence-corrected chi connectivity index (χ2v) is 8.44. The first-order valence-corrected chi connectivity index (χ1v) is 10.2. The summed E-state index contributed by atoms with van der Waals surface area (Å²) in [5.41, 5.74) is 2.46. The predicted molar refractivity (Wildman–Crippen MR) is 116 cm³/mol. The minimum absolute atomic E-state index is 0.211. The fraction of sp³-hybridized carbons (Fsp3) is 0.227. The highest BCUT2D eigenvalue weighted by molar-refractivity contribution is 14.1. The number of fused-ring (bicyclic) bond motifs is 1. The SMILES string of the molecule is CC1=CC[C@H]2C(=O)N(c3ccccc3C(=O)Nc3ccc(I)cc3)C(=O)[C@H]2C1. The lowest BCUT2D eigenvalue weighted by Crippen LogP contribution is -2.33. The number of hydrogen-bond acceptors (Lipinski definition) is 3. The quantitative estimate of drug-likeness (QED) is 0.398. The number of benzene rings is 2. The summed E-state index contributed by atoms with van der Waals surface area (Å²) in [4.78, 5) is 40.1. The maximum Gasteiger partial charge on any atom is 0.257 e. The molecule has 3 amide bonds. The third-order valence-electron chi connectivity index (χ3n) is 5.31. The van der Waals surface area contributed by atoms with Gasteiger partial charge in [0.25, 0.3) is 5.91 Å². The molecule has 0 radical (unpaired) electrons. The molecule has 0 aromatic heterocycles. The molecule has 0 spiro atoms. The Bertz CT molecular complexity index is 997. The van der Waals surface area contributed by atoms with E-state index in [1.807, 2.05) is 37.3 Å². The van der Waals surface area contributed by atoms with Gasteiger partial charge in [-0.05, 0) is 78.8 Å². The normalized spacial score (nSPS) is 21.4. The van der Waals surface area contributed by atoms with Crippen LogP contribution in [0.4, 0.5) is 11.4 Å². The van der Waals surface area contributed by atoms with Gasteiger partial charge in [-0.15, -0.1) is 0 Å². The summed E-state index contributed by atoms with van der Waals surface area (Å²) in [5.74, 6) is -1.43. The van der Waals surface area contributed by atoms with Crippen LogP contribution in [0.2, 0.25) is 0 Å². The molecule has 1 aliphatic carbocycles. The first kappa shape index (κ1) is 18.9. The highest BCUT2D eigenvalue weighted by Crippen LogP contribution is 2.40. The van der Waals surface area contributed by atoms with E-state index in [1.165, 1.54) is 4.90 Å². The molecule has 0 saturated carbocycles. The standard InChI is InChI=1S/C22H19IN2O3/c1-13-6-11-16-18(12-13)22(28)25(21(16)27)19-5-3-2-4-17(19)20(26)24-15-9-7-14(23)8-10-15/h2-10,16,18H,11-12H2,1H3,(H,24,26)/t16-,18+/m1/s1. The van der Waals surface area contributed by atoms with Crippen molar-refractivity contribution < 1.29 is 14.4 Å². The molecule has 0 unspecified atom stereocenters. The third kappa shape index (κ3) is 3.37. The first-order chi connectivity index (χ1) is 13.5. The fourth-order valence-corrected chi connectivity index (χ4v) is 4.23. The first-order valence-electron chi connectivity index (χ1n) is 9.15. The second kappa shape index (κ2) is 7.50. The van der Waals surface area contributed by atoms with E-state index in [1.54, 1.807) is 24.3 Å². The predicted octanol–water partition coefficient (Wildman–Crippen LogP) is 4.39. The Labute approximate surface area is 176 Å². The van der Waals surface area contributed by atoms with E-state index in [-0.39, 0.29) is 29.6 Å². The van der Waals surface area contributed by atoms with E-state index < -0.39 is 0 Å². The van der Waals surface area contributed by atoms with Crippen molar-refractivity contribution in [3.05, 3.63) is 69.3 Å². The van der Waals surface area contributed by atoms with Gasteiger partial charge in [0.15, 0.2) is 0 Å². The number of para-hydroxylation sites is 1. The van der Waals surface area contributed by atoms with Gasteiger partial charge in [-0.3, -0.25) is 14.4 Å². The Morgan fingerprint density at radius 1 is 1.04 bits per heavy atom. The Kier molecular flexibility index (Phi) is 5.05. The molecule has 6 heteroatoms. The average molecular weight is 486 g/mol. The fourth-order valence-electron chi connectivity index (χ4n) is 3.87. The summed E-state index contributed by atoms with van der Waals surface area (Å²) >= 11 is 2.20. The van der Waals surface area contributed by atoms with Crippen LogP contribution in [-0.4, -0.2) is 17.7 Å². The molecule has 28 heavy (non-hydrogen) atoms. The summed E-state index contributed by atoms with van der Waals surface area (Å²) in [5, 5.41) is 2.85. The number of imide groups is 1. The Hall–Kier alpha value is -2.48. The van der Waals surface area contributed by atoms with Crippen molar-refractivity contribution in [2.75, 3.05) is 10.2 Å². The molecule has 1 fully saturated rings. The van der Waals surface area contributed by atoms with Crippen LogP contribution in [0.25, 0.3) is 0 Å². The van der Waals surface area contributed by atoms with Gasteiger partial charge in [0.2, 0.25) is 11.8 Å². The van der Waals surface area contributed by atoms with Gasteiger partial charge in [-0.1, -0.05) is 23.8 Å². The monoisotopic (exact) mass is 486 g/mol. The Morgan fingerprint density at radius 2 is 1.71 bits per heavy atom. The number of carbonyl (C=O) groups excluding carboxylic acids is 3. The minimum atomic E-state index is -0.346. The van der Waals surface area contributed by atoms with Crippen molar-refractivity contribution in [2.45, 2.75) is 19.8 Å². The van der Waals surface area contributed by atoms with Crippen LogP contribution in [0.15, 0.2) is 60.2 Å². The maximum atomic E-state index is 13.0. The van der Waals surface area contributed by atoms with Crippen molar-refractivity contribution in [2.24, 2.45) is 11.8 Å². The Morgan fingerprint density at radius 3 is 2.46 bits per heavy atom. The largest absolute Gasteiger partial charge is 0.322 e. The van der Waals surface area contributed by atoms with Crippen LogP contribution in [0.3, 0.4) is 0 Å². The third-order valence-corrected chi connectivity index (χ3v) is 6.03. The number of nitrogens with zero attached hydrogens (tertiary/aromatic N) is 1. The minimum Gasteiger partial charge on any atom is -0.322 e. The highest BCUT2D eigenvalue weighted by atomic mass is 127. The smallest absolute Gasteiger partial charge is 0.257 e. The van der Waals surface area contributed by atoms with Crippen molar-refractivity contribution >= 4 is 51.7 Å². The summed E-state index contributed by atoms with van der Waals surface area (Å²) < 4.78 is 1.07. The lowest BCUT2D eigenvalue weighted by Gasteiger charge is -2.19. The van der Waals surface area contributed by atoms with E-state index in [0.29, 0.717) is 29.8 Å². The van der Waals surface area contributed by atoms with Crippen LogP contribution in [0, 0.1) is 15.4 Å².